The van der Waals surface area contributed by atoms with E-state index in [1.807, 2.05) is 40.3 Å². The van der Waals surface area contributed by atoms with E-state index in [2.05, 4.69) is 34.3 Å². The molecule has 4 rings (SSSR count). The summed E-state index contributed by atoms with van der Waals surface area (Å²) in [4.78, 5) is 16.9. The summed E-state index contributed by atoms with van der Waals surface area (Å²) >= 11 is 2.70. The van der Waals surface area contributed by atoms with Crippen LogP contribution in [0, 0.1) is 5.82 Å². The average molecular weight is 454 g/mol. The Morgan fingerprint density at radius 1 is 1.13 bits per heavy atom. The maximum atomic E-state index is 13.4. The number of amides is 1. The van der Waals surface area contributed by atoms with Crippen molar-refractivity contribution < 1.29 is 9.18 Å². The van der Waals surface area contributed by atoms with Crippen LogP contribution in [0.1, 0.15) is 25.5 Å². The van der Waals surface area contributed by atoms with Crippen LogP contribution in [-0.4, -0.2) is 31.4 Å². The Hall–Kier alpha value is -3.04. The monoisotopic (exact) mass is 453 g/mol. The molecule has 158 valence electrons. The van der Waals surface area contributed by atoms with Crippen molar-refractivity contribution >= 4 is 34.1 Å². The first kappa shape index (κ1) is 21.2. The van der Waals surface area contributed by atoms with Gasteiger partial charge < -0.3 is 5.32 Å². The Kier molecular flexibility index (Phi) is 6.43. The normalized spacial score (nSPS) is 11.1. The van der Waals surface area contributed by atoms with Crippen molar-refractivity contribution in [2.24, 2.45) is 0 Å². The van der Waals surface area contributed by atoms with Gasteiger partial charge >= 0.3 is 0 Å². The van der Waals surface area contributed by atoms with Crippen molar-refractivity contribution in [1.29, 1.82) is 0 Å². The highest BCUT2D eigenvalue weighted by atomic mass is 32.2. The highest BCUT2D eigenvalue weighted by Crippen LogP contribution is 2.28. The van der Waals surface area contributed by atoms with Crippen molar-refractivity contribution in [3.63, 3.8) is 0 Å². The fraction of sp³-hybridized carbons (Fsp3) is 0.182. The molecular formula is C22H20FN5OS2. The Morgan fingerprint density at radius 2 is 1.87 bits per heavy atom. The van der Waals surface area contributed by atoms with E-state index in [0.29, 0.717) is 22.0 Å². The van der Waals surface area contributed by atoms with Gasteiger partial charge in [0.2, 0.25) is 5.91 Å². The number of carbonyl (C=O) groups excluding carboxylic acids is 1. The number of nitrogens with zero attached hydrogens (tertiary/aromatic N) is 4. The van der Waals surface area contributed by atoms with Crippen LogP contribution in [-0.2, 0) is 4.79 Å². The summed E-state index contributed by atoms with van der Waals surface area (Å²) in [7, 11) is 0. The van der Waals surface area contributed by atoms with Gasteiger partial charge in [0, 0.05) is 16.6 Å². The largest absolute Gasteiger partial charge is 0.301 e. The van der Waals surface area contributed by atoms with Crippen LogP contribution in [0.5, 0.6) is 0 Å². The van der Waals surface area contributed by atoms with E-state index >= 15 is 0 Å². The molecular weight excluding hydrogens is 433 g/mol. The Bertz CT molecular complexity index is 1170. The van der Waals surface area contributed by atoms with Crippen LogP contribution < -0.4 is 5.32 Å². The van der Waals surface area contributed by atoms with Crippen molar-refractivity contribution in [2.75, 3.05) is 11.1 Å². The number of nitrogens with one attached hydrogen (secondary N) is 1. The quantitative estimate of drug-likeness (QED) is 0.380. The molecule has 4 aromatic rings. The van der Waals surface area contributed by atoms with E-state index in [9.17, 15) is 9.18 Å². The van der Waals surface area contributed by atoms with Gasteiger partial charge in [0.1, 0.15) is 5.82 Å². The number of thioether (sulfide) groups is 1. The number of thiazole rings is 1. The highest BCUT2D eigenvalue weighted by molar-refractivity contribution is 7.99. The second kappa shape index (κ2) is 9.40. The Labute approximate surface area is 187 Å². The van der Waals surface area contributed by atoms with Gasteiger partial charge in [-0.3, -0.25) is 9.36 Å². The first-order valence-electron chi connectivity index (χ1n) is 9.66. The van der Waals surface area contributed by atoms with Crippen LogP contribution in [0.4, 0.5) is 9.52 Å². The molecule has 0 atom stereocenters. The average Bonchev–Trinajstić information content (AvgIpc) is 3.41. The first-order chi connectivity index (χ1) is 15.0. The molecule has 0 unspecified atom stereocenters. The molecule has 2 heterocycles. The molecule has 0 aliphatic rings. The predicted molar refractivity (Wildman–Crippen MR) is 122 cm³/mol. The van der Waals surface area contributed by atoms with E-state index in [1.165, 1.54) is 35.2 Å². The third-order valence-electron chi connectivity index (χ3n) is 4.44. The van der Waals surface area contributed by atoms with Crippen LogP contribution in [0.15, 0.2) is 65.1 Å². The van der Waals surface area contributed by atoms with Gasteiger partial charge in [0.25, 0.3) is 0 Å². The highest BCUT2D eigenvalue weighted by Gasteiger charge is 2.18. The third-order valence-corrected chi connectivity index (χ3v) is 6.15. The number of hydrogen-bond acceptors (Lipinski definition) is 6. The van der Waals surface area contributed by atoms with Gasteiger partial charge in [-0.05, 0) is 42.3 Å². The number of halogens is 1. The van der Waals surface area contributed by atoms with Gasteiger partial charge in [0.05, 0.1) is 11.4 Å². The number of anilines is 1. The minimum atomic E-state index is -0.316. The summed E-state index contributed by atoms with van der Waals surface area (Å²) in [5.41, 5.74) is 2.55. The van der Waals surface area contributed by atoms with E-state index < -0.39 is 0 Å². The fourth-order valence-electron chi connectivity index (χ4n) is 2.85. The SMILES string of the molecule is CC(C)c1csc(NC(=O)CSc2nnc(-c3ccc(F)cc3)n2-c2ccccc2)n1. The standard InChI is InChI=1S/C22H20FN5OS2/c1-14(2)18-12-30-21(24-18)25-19(29)13-31-22-27-26-20(15-8-10-16(23)11-9-15)28(22)17-6-4-3-5-7-17/h3-12,14H,13H2,1-2H3,(H,24,25,29). The van der Waals surface area contributed by atoms with Gasteiger partial charge in [-0.1, -0.05) is 43.8 Å². The van der Waals surface area contributed by atoms with E-state index in [0.717, 1.165) is 16.9 Å². The third kappa shape index (κ3) is 5.00. The molecule has 0 bridgehead atoms. The molecule has 9 heteroatoms. The molecule has 0 spiro atoms. The summed E-state index contributed by atoms with van der Waals surface area (Å²) < 4.78 is 15.2. The summed E-state index contributed by atoms with van der Waals surface area (Å²) in [5.74, 6) is 0.565. The van der Waals surface area contributed by atoms with E-state index in [4.69, 9.17) is 0 Å². The lowest BCUT2D eigenvalue weighted by molar-refractivity contribution is -0.113. The molecule has 0 fully saturated rings. The number of carbonyl (C=O) groups is 1. The number of para-hydroxylation sites is 1. The second-order valence-corrected chi connectivity index (χ2v) is 8.85. The molecule has 6 nitrogen and oxygen atoms in total. The van der Waals surface area contributed by atoms with Crippen LogP contribution in [0.3, 0.4) is 0 Å². The van der Waals surface area contributed by atoms with Crippen LogP contribution >= 0.6 is 23.1 Å². The molecule has 2 aromatic heterocycles. The van der Waals surface area contributed by atoms with Crippen molar-refractivity contribution in [1.82, 2.24) is 19.7 Å². The number of benzene rings is 2. The maximum absolute atomic E-state index is 13.4. The Morgan fingerprint density at radius 3 is 2.55 bits per heavy atom. The molecule has 0 aliphatic heterocycles. The zero-order valence-corrected chi connectivity index (χ0v) is 18.6. The molecule has 0 saturated carbocycles. The molecule has 0 aliphatic carbocycles. The van der Waals surface area contributed by atoms with Crippen molar-refractivity contribution in [3.8, 4) is 17.1 Å². The summed E-state index contributed by atoms with van der Waals surface area (Å²) in [5, 5.41) is 14.5. The lowest BCUT2D eigenvalue weighted by Gasteiger charge is -2.10. The molecule has 0 radical (unpaired) electrons. The van der Waals surface area contributed by atoms with Gasteiger partial charge in [-0.2, -0.15) is 0 Å². The topological polar surface area (TPSA) is 72.7 Å². The number of hydrogen-bond donors (Lipinski definition) is 1. The summed E-state index contributed by atoms with van der Waals surface area (Å²) in [6.45, 7) is 4.12. The second-order valence-electron chi connectivity index (χ2n) is 7.05. The molecule has 31 heavy (non-hydrogen) atoms. The lowest BCUT2D eigenvalue weighted by atomic mass is 10.2. The van der Waals surface area contributed by atoms with Gasteiger partial charge in [0.15, 0.2) is 16.1 Å². The van der Waals surface area contributed by atoms with Gasteiger partial charge in [-0.15, -0.1) is 21.5 Å². The smallest absolute Gasteiger partial charge is 0.236 e. The molecule has 1 N–H and O–H groups in total. The zero-order chi connectivity index (χ0) is 21.8. The van der Waals surface area contributed by atoms with Gasteiger partial charge in [-0.25, -0.2) is 9.37 Å². The summed E-state index contributed by atoms with van der Waals surface area (Å²) in [6.07, 6.45) is 0. The minimum Gasteiger partial charge on any atom is -0.301 e. The van der Waals surface area contributed by atoms with Crippen LogP contribution in [0.25, 0.3) is 17.1 Å². The van der Waals surface area contributed by atoms with E-state index in [-0.39, 0.29) is 17.5 Å². The predicted octanol–water partition coefficient (Wildman–Crippen LogP) is 5.38. The fourth-order valence-corrected chi connectivity index (χ4v) is 4.49. The first-order valence-corrected chi connectivity index (χ1v) is 11.5. The lowest BCUT2D eigenvalue weighted by Crippen LogP contribution is -2.14. The number of aromatic nitrogens is 4. The molecule has 2 aromatic carbocycles. The van der Waals surface area contributed by atoms with E-state index in [1.54, 1.807) is 12.1 Å². The van der Waals surface area contributed by atoms with Crippen LogP contribution in [0.2, 0.25) is 0 Å². The summed E-state index contributed by atoms with van der Waals surface area (Å²) in [6, 6.07) is 15.7. The number of rotatable bonds is 7. The molecule has 1 amide bonds. The van der Waals surface area contributed by atoms with Crippen molar-refractivity contribution in [2.45, 2.75) is 24.9 Å². The zero-order valence-electron chi connectivity index (χ0n) is 16.9. The van der Waals surface area contributed by atoms with Crippen molar-refractivity contribution in [3.05, 3.63) is 71.5 Å². The maximum Gasteiger partial charge on any atom is 0.236 e. The molecule has 0 saturated heterocycles. The Balaban J connectivity index is 1.55. The minimum absolute atomic E-state index is 0.158.